The molecule has 0 bridgehead atoms. The Morgan fingerprint density at radius 1 is 1.00 bits per heavy atom. The molecule has 19 valence electrons. The third-order valence-corrected chi connectivity index (χ3v) is 0. The summed E-state index contributed by atoms with van der Waals surface area (Å²) in [5.41, 5.74) is 0. The second-order valence-electron chi connectivity index (χ2n) is 0. The van der Waals surface area contributed by atoms with Crippen LogP contribution >= 0.6 is 0 Å². The molecule has 0 N–H and O–H groups in total. The molecule has 0 spiro atoms. The summed E-state index contributed by atoms with van der Waals surface area (Å²) in [5.74, 6) is 0. The van der Waals surface area contributed by atoms with Crippen LogP contribution in [0.25, 0.3) is 0 Å². The standard InChI is InChI=1S/Al.Ce.Mg.Y.Zn.5H. The molecular weight excluding hydrogens is 346 g/mol. The quantitative estimate of drug-likeness (QED) is 0.439. The summed E-state index contributed by atoms with van der Waals surface area (Å²) in [4.78, 5) is 0. The van der Waals surface area contributed by atoms with Crippen LogP contribution in [-0.4, -0.2) is 40.4 Å². The van der Waals surface area contributed by atoms with E-state index in [0.717, 1.165) is 0 Å². The van der Waals surface area contributed by atoms with E-state index in [9.17, 15) is 0 Å². The van der Waals surface area contributed by atoms with Gasteiger partial charge in [0.25, 0.3) is 0 Å². The van der Waals surface area contributed by atoms with E-state index in [2.05, 4.69) is 0 Å². The smallest absolute Gasteiger partial charge is 0 e. The number of hydrogen-bond donors (Lipinski definition) is 0. The van der Waals surface area contributed by atoms with Gasteiger partial charge in [0, 0.05) is 93.9 Å². The van der Waals surface area contributed by atoms with Gasteiger partial charge in [0.15, 0.2) is 17.4 Å². The Balaban J connectivity index is 0. The van der Waals surface area contributed by atoms with Crippen LogP contribution in [0.5, 0.6) is 0 Å². The SMILES string of the molecule is [AlH3].[Ce].[MgH2].[Y].[Zn]. The zero-order valence-corrected chi connectivity index (χ0v) is 10.7. The Hall–Kier alpha value is 4.40. The van der Waals surface area contributed by atoms with Crippen molar-refractivity contribution in [2.24, 2.45) is 0 Å². The van der Waals surface area contributed by atoms with Gasteiger partial charge in [0.05, 0.1) is 0 Å². The third kappa shape index (κ3) is 17.8. The fraction of sp³-hybridized carbons (Fsp3) is 0. The van der Waals surface area contributed by atoms with Crippen LogP contribution in [0.3, 0.4) is 0 Å². The van der Waals surface area contributed by atoms with Crippen LogP contribution in [0.1, 0.15) is 0 Å². The Labute approximate surface area is 131 Å². The average Bonchev–Trinajstić information content (AvgIpc) is 0. The first-order valence-electron chi connectivity index (χ1n) is 0. The minimum absolute atomic E-state index is 0. The molecule has 0 rings (SSSR count). The normalized spacial score (nSPS) is 0. The Morgan fingerprint density at radius 2 is 1.00 bits per heavy atom. The van der Waals surface area contributed by atoms with Gasteiger partial charge in [0.2, 0.25) is 0 Å². The maximum absolute atomic E-state index is 0. The van der Waals surface area contributed by atoms with Gasteiger partial charge in [-0.25, -0.2) is 0 Å². The zero-order chi connectivity index (χ0) is 0. The Kier molecular flexibility index (Phi) is 163. The summed E-state index contributed by atoms with van der Waals surface area (Å²) in [6.07, 6.45) is 0. The summed E-state index contributed by atoms with van der Waals surface area (Å²) in [6, 6.07) is 0. The fourth-order valence-electron chi connectivity index (χ4n) is 0. The molecule has 0 aromatic carbocycles. The van der Waals surface area contributed by atoms with Crippen LogP contribution in [0.4, 0.5) is 0 Å². The van der Waals surface area contributed by atoms with E-state index < -0.39 is 0 Å². The fourth-order valence-corrected chi connectivity index (χ4v) is 0. The van der Waals surface area contributed by atoms with Crippen LogP contribution < -0.4 is 0 Å². The van der Waals surface area contributed by atoms with E-state index in [1.807, 2.05) is 0 Å². The van der Waals surface area contributed by atoms with Crippen LogP contribution in [-0.2, 0) is 52.2 Å². The molecule has 0 heterocycles. The van der Waals surface area contributed by atoms with Crippen molar-refractivity contribution < 1.29 is 93.9 Å². The second kappa shape index (κ2) is 23.8. The number of hydrogen-bond acceptors (Lipinski definition) is 0. The van der Waals surface area contributed by atoms with Gasteiger partial charge in [-0.2, -0.15) is 0 Å². The first-order chi connectivity index (χ1) is 0. The summed E-state index contributed by atoms with van der Waals surface area (Å²) in [6.45, 7) is 0. The minimum atomic E-state index is 0. The maximum Gasteiger partial charge on any atom is 0.316 e. The molecule has 0 saturated carbocycles. The molecule has 0 aliphatic heterocycles. The average molecular weight is 351 g/mol. The molecule has 0 amide bonds. The molecule has 0 saturated heterocycles. The van der Waals surface area contributed by atoms with E-state index in [1.165, 1.54) is 0 Å². The predicted molar refractivity (Wildman–Crippen MR) is 18.5 cm³/mol. The third-order valence-electron chi connectivity index (χ3n) is 0. The van der Waals surface area contributed by atoms with Crippen molar-refractivity contribution in [3.05, 3.63) is 0 Å². The number of rotatable bonds is 0. The van der Waals surface area contributed by atoms with Crippen molar-refractivity contribution in [3.63, 3.8) is 0 Å². The molecule has 0 aromatic rings. The Morgan fingerprint density at radius 3 is 1.00 bits per heavy atom. The summed E-state index contributed by atoms with van der Waals surface area (Å²) < 4.78 is 0. The monoisotopic (exact) mass is 349 g/mol. The summed E-state index contributed by atoms with van der Waals surface area (Å²) in [7, 11) is 0. The van der Waals surface area contributed by atoms with Gasteiger partial charge in [0.1, 0.15) is 0 Å². The molecule has 0 aromatic heterocycles. The van der Waals surface area contributed by atoms with E-state index in [4.69, 9.17) is 0 Å². The van der Waals surface area contributed by atoms with E-state index >= 15 is 0 Å². The van der Waals surface area contributed by atoms with E-state index in [-0.39, 0.29) is 134 Å². The minimum Gasteiger partial charge on any atom is 0 e. The predicted octanol–water partition coefficient (Wildman–Crippen LogP) is -2.11. The van der Waals surface area contributed by atoms with Crippen molar-refractivity contribution in [1.29, 1.82) is 0 Å². The van der Waals surface area contributed by atoms with Crippen LogP contribution in [0.2, 0.25) is 0 Å². The van der Waals surface area contributed by atoms with Crippen molar-refractivity contribution in [3.8, 4) is 0 Å². The van der Waals surface area contributed by atoms with Crippen LogP contribution in [0, 0.1) is 41.7 Å². The van der Waals surface area contributed by atoms with Gasteiger partial charge in [-0.3, -0.25) is 0 Å². The van der Waals surface area contributed by atoms with E-state index in [1.54, 1.807) is 0 Å². The van der Waals surface area contributed by atoms with Crippen molar-refractivity contribution >= 4 is 40.4 Å². The molecule has 0 unspecified atom stereocenters. The molecule has 5 heavy (non-hydrogen) atoms. The van der Waals surface area contributed by atoms with Crippen molar-refractivity contribution in [2.45, 2.75) is 0 Å². The second-order valence-corrected chi connectivity index (χ2v) is 0. The van der Waals surface area contributed by atoms with Gasteiger partial charge < -0.3 is 0 Å². The molecule has 1 radical (unpaired) electrons. The van der Waals surface area contributed by atoms with E-state index in [0.29, 0.717) is 0 Å². The maximum atomic E-state index is 0. The van der Waals surface area contributed by atoms with Gasteiger partial charge in [-0.05, 0) is 0 Å². The van der Waals surface area contributed by atoms with Gasteiger partial charge >= 0.3 is 23.1 Å². The van der Waals surface area contributed by atoms with Crippen LogP contribution in [0.15, 0.2) is 0 Å². The topological polar surface area (TPSA) is 0 Å². The largest absolute Gasteiger partial charge is 0.316 e. The summed E-state index contributed by atoms with van der Waals surface area (Å²) in [5, 5.41) is 0. The summed E-state index contributed by atoms with van der Waals surface area (Å²) >= 11 is 0. The van der Waals surface area contributed by atoms with Gasteiger partial charge in [-0.1, -0.05) is 0 Å². The molecule has 0 atom stereocenters. The molecule has 0 aliphatic rings. The first kappa shape index (κ1) is 34.2. The Bertz CT molecular complexity index is 11.6. The van der Waals surface area contributed by atoms with Gasteiger partial charge in [-0.15, -0.1) is 0 Å². The van der Waals surface area contributed by atoms with Crippen molar-refractivity contribution in [2.75, 3.05) is 0 Å². The zero-order valence-electron chi connectivity index (χ0n) is 1.78. The molecule has 5 heteroatoms. The first-order valence-corrected chi connectivity index (χ1v) is 0. The molecular formula is H5AlCeMgYZn. The van der Waals surface area contributed by atoms with Crippen molar-refractivity contribution in [1.82, 2.24) is 0 Å². The molecule has 0 fully saturated rings. The molecule has 0 aliphatic carbocycles. The molecule has 0 nitrogen and oxygen atoms in total.